The molecule has 102 valence electrons. The Bertz CT molecular complexity index is 852. The minimum atomic E-state index is -0.599. The molecule has 0 saturated carbocycles. The molecule has 3 aromatic rings. The van der Waals surface area contributed by atoms with E-state index in [1.54, 1.807) is 6.07 Å². The molecule has 0 amide bonds. The van der Waals surface area contributed by atoms with Gasteiger partial charge in [0.1, 0.15) is 16.5 Å². The number of carbonyl (C=O) groups is 1. The lowest BCUT2D eigenvalue weighted by atomic mass is 9.91. The molecular formula is C16H10N2O2S. The molecular weight excluding hydrogens is 284 g/mol. The molecule has 1 aromatic heterocycles. The van der Waals surface area contributed by atoms with Crippen LogP contribution in [-0.4, -0.2) is 16.7 Å². The van der Waals surface area contributed by atoms with Crippen molar-refractivity contribution in [3.05, 3.63) is 59.1 Å². The van der Waals surface area contributed by atoms with Crippen molar-refractivity contribution < 1.29 is 9.53 Å². The maximum atomic E-state index is 11.9. The van der Waals surface area contributed by atoms with Crippen LogP contribution in [0, 0.1) is 5.41 Å². The highest BCUT2D eigenvalue weighted by Gasteiger charge is 2.35. The van der Waals surface area contributed by atoms with Gasteiger partial charge in [0.25, 0.3) is 0 Å². The van der Waals surface area contributed by atoms with E-state index in [-0.39, 0.29) is 5.71 Å². The van der Waals surface area contributed by atoms with Crippen LogP contribution in [0.4, 0.5) is 0 Å². The monoisotopic (exact) mass is 294 g/mol. The third-order valence-electron chi connectivity index (χ3n) is 3.50. The zero-order valence-corrected chi connectivity index (χ0v) is 11.7. The van der Waals surface area contributed by atoms with E-state index in [1.807, 2.05) is 42.5 Å². The van der Waals surface area contributed by atoms with Gasteiger partial charge in [0, 0.05) is 5.56 Å². The van der Waals surface area contributed by atoms with Gasteiger partial charge in [-0.3, -0.25) is 5.41 Å². The van der Waals surface area contributed by atoms with Crippen molar-refractivity contribution in [2.75, 3.05) is 0 Å². The number of hydrogen-bond acceptors (Lipinski definition) is 5. The summed E-state index contributed by atoms with van der Waals surface area (Å²) in [6.07, 6.45) is 0. The van der Waals surface area contributed by atoms with E-state index in [9.17, 15) is 4.79 Å². The zero-order valence-electron chi connectivity index (χ0n) is 10.9. The van der Waals surface area contributed by atoms with Gasteiger partial charge < -0.3 is 4.74 Å². The molecule has 1 N–H and O–H groups in total. The van der Waals surface area contributed by atoms with Gasteiger partial charge in [-0.1, -0.05) is 30.3 Å². The lowest BCUT2D eigenvalue weighted by molar-refractivity contribution is -0.127. The van der Waals surface area contributed by atoms with Crippen LogP contribution in [0.3, 0.4) is 0 Å². The highest BCUT2D eigenvalue weighted by molar-refractivity contribution is 7.18. The summed E-state index contributed by atoms with van der Waals surface area (Å²) >= 11 is 1.51. The fourth-order valence-corrected chi connectivity index (χ4v) is 3.61. The van der Waals surface area contributed by atoms with Crippen LogP contribution >= 0.6 is 11.3 Å². The SMILES string of the molecule is N=C1C(=O)Oc2ccccc2C1c1nc2ccccc2s1. The number of hydrogen-bond donors (Lipinski definition) is 1. The Kier molecular flexibility index (Phi) is 2.62. The molecule has 5 heteroatoms. The molecule has 4 rings (SSSR count). The Morgan fingerprint density at radius 2 is 1.86 bits per heavy atom. The van der Waals surface area contributed by atoms with Crippen molar-refractivity contribution in [1.82, 2.24) is 4.98 Å². The number of esters is 1. The molecule has 1 aliphatic heterocycles. The Balaban J connectivity index is 1.93. The van der Waals surface area contributed by atoms with Gasteiger partial charge in [-0.25, -0.2) is 9.78 Å². The number of rotatable bonds is 1. The molecule has 1 aliphatic rings. The summed E-state index contributed by atoms with van der Waals surface area (Å²) in [7, 11) is 0. The first kappa shape index (κ1) is 12.2. The maximum absolute atomic E-state index is 11.9. The molecule has 0 fully saturated rings. The van der Waals surface area contributed by atoms with Crippen LogP contribution in [0.5, 0.6) is 5.75 Å². The first-order chi connectivity index (χ1) is 10.2. The van der Waals surface area contributed by atoms with Crippen LogP contribution in [0.15, 0.2) is 48.5 Å². The number of para-hydroxylation sites is 2. The van der Waals surface area contributed by atoms with Crippen LogP contribution in [0.2, 0.25) is 0 Å². The molecule has 1 unspecified atom stereocenters. The molecule has 2 heterocycles. The van der Waals surface area contributed by atoms with E-state index in [1.165, 1.54) is 11.3 Å². The topological polar surface area (TPSA) is 63.0 Å². The smallest absolute Gasteiger partial charge is 0.358 e. The average molecular weight is 294 g/mol. The summed E-state index contributed by atoms with van der Waals surface area (Å²) in [5.74, 6) is -0.527. The van der Waals surface area contributed by atoms with E-state index in [4.69, 9.17) is 10.1 Å². The molecule has 0 saturated heterocycles. The predicted molar refractivity (Wildman–Crippen MR) is 81.3 cm³/mol. The van der Waals surface area contributed by atoms with E-state index in [0.29, 0.717) is 5.75 Å². The number of thiazole rings is 1. The minimum absolute atomic E-state index is 0.0623. The lowest BCUT2D eigenvalue weighted by Gasteiger charge is -2.23. The number of aromatic nitrogens is 1. The second kappa shape index (κ2) is 4.49. The summed E-state index contributed by atoms with van der Waals surface area (Å²) in [5.41, 5.74) is 1.65. The summed E-state index contributed by atoms with van der Waals surface area (Å²) in [6.45, 7) is 0. The van der Waals surface area contributed by atoms with E-state index < -0.39 is 11.9 Å². The fraction of sp³-hybridized carbons (Fsp3) is 0.0625. The molecule has 0 bridgehead atoms. The molecule has 2 aromatic carbocycles. The maximum Gasteiger partial charge on any atom is 0.358 e. The Morgan fingerprint density at radius 3 is 2.71 bits per heavy atom. The van der Waals surface area contributed by atoms with Crippen LogP contribution < -0.4 is 4.74 Å². The largest absolute Gasteiger partial charge is 0.422 e. The van der Waals surface area contributed by atoms with Gasteiger partial charge in [-0.05, 0) is 18.2 Å². The number of ether oxygens (including phenoxy) is 1. The van der Waals surface area contributed by atoms with Crippen molar-refractivity contribution in [2.45, 2.75) is 5.92 Å². The summed E-state index contributed by atoms with van der Waals surface area (Å²) in [6, 6.07) is 15.1. The standard InChI is InChI=1S/C16H10N2O2S/c17-14-13(9-5-1-3-7-11(9)20-16(14)19)15-18-10-6-2-4-8-12(10)21-15/h1-8,13,17H. The Morgan fingerprint density at radius 1 is 1.10 bits per heavy atom. The second-order valence-electron chi connectivity index (χ2n) is 4.79. The summed E-state index contributed by atoms with van der Waals surface area (Å²) in [5, 5.41) is 8.84. The highest BCUT2D eigenvalue weighted by atomic mass is 32.1. The number of nitrogens with zero attached hydrogens (tertiary/aromatic N) is 1. The second-order valence-corrected chi connectivity index (χ2v) is 5.86. The van der Waals surface area contributed by atoms with E-state index in [2.05, 4.69) is 4.98 Å². The highest BCUT2D eigenvalue weighted by Crippen LogP contribution is 2.39. The van der Waals surface area contributed by atoms with Gasteiger partial charge in [-0.2, -0.15) is 0 Å². The third-order valence-corrected chi connectivity index (χ3v) is 4.60. The third kappa shape index (κ3) is 1.86. The Labute approximate surface area is 124 Å². The first-order valence-electron chi connectivity index (χ1n) is 6.49. The number of carbonyl (C=O) groups excluding carboxylic acids is 1. The van der Waals surface area contributed by atoms with Gasteiger partial charge in [-0.15, -0.1) is 11.3 Å². The molecule has 0 aliphatic carbocycles. The van der Waals surface area contributed by atoms with Crippen molar-refractivity contribution in [2.24, 2.45) is 0 Å². The quantitative estimate of drug-likeness (QED) is 0.553. The Hall–Kier alpha value is -2.53. The summed E-state index contributed by atoms with van der Waals surface area (Å²) < 4.78 is 6.24. The zero-order chi connectivity index (χ0) is 14.4. The van der Waals surface area contributed by atoms with Gasteiger partial charge in [0.15, 0.2) is 0 Å². The van der Waals surface area contributed by atoms with Crippen molar-refractivity contribution in [3.63, 3.8) is 0 Å². The molecule has 4 nitrogen and oxygen atoms in total. The molecule has 0 radical (unpaired) electrons. The average Bonchev–Trinajstić information content (AvgIpc) is 2.92. The van der Waals surface area contributed by atoms with Crippen molar-refractivity contribution in [3.8, 4) is 5.75 Å². The van der Waals surface area contributed by atoms with Gasteiger partial charge in [0.05, 0.1) is 16.1 Å². The van der Waals surface area contributed by atoms with Crippen molar-refractivity contribution in [1.29, 1.82) is 5.41 Å². The predicted octanol–water partition coefficient (Wildman–Crippen LogP) is 3.37. The van der Waals surface area contributed by atoms with Crippen LogP contribution in [-0.2, 0) is 4.79 Å². The molecule has 21 heavy (non-hydrogen) atoms. The minimum Gasteiger partial charge on any atom is -0.422 e. The fourth-order valence-electron chi connectivity index (χ4n) is 2.51. The number of benzene rings is 2. The van der Waals surface area contributed by atoms with E-state index >= 15 is 0 Å². The number of fused-ring (bicyclic) bond motifs is 2. The summed E-state index contributed by atoms with van der Waals surface area (Å²) in [4.78, 5) is 16.5. The first-order valence-corrected chi connectivity index (χ1v) is 7.31. The van der Waals surface area contributed by atoms with E-state index in [0.717, 1.165) is 20.8 Å². The van der Waals surface area contributed by atoms with Gasteiger partial charge in [0.2, 0.25) is 0 Å². The number of nitrogens with one attached hydrogen (secondary N) is 1. The van der Waals surface area contributed by atoms with Crippen LogP contribution in [0.25, 0.3) is 10.2 Å². The molecule has 1 atom stereocenters. The van der Waals surface area contributed by atoms with Crippen LogP contribution in [0.1, 0.15) is 16.5 Å². The van der Waals surface area contributed by atoms with Crippen molar-refractivity contribution >= 4 is 33.2 Å². The lowest BCUT2D eigenvalue weighted by Crippen LogP contribution is -2.31. The van der Waals surface area contributed by atoms with Gasteiger partial charge >= 0.3 is 5.97 Å². The molecule has 0 spiro atoms. The normalized spacial score (nSPS) is 17.6.